The number of allylic oxidation sites excluding steroid dienone is 1. The monoisotopic (exact) mass is 340 g/mol. The number of ether oxygens (including phenoxy) is 3. The van der Waals surface area contributed by atoms with Gasteiger partial charge in [0.2, 0.25) is 0 Å². The summed E-state index contributed by atoms with van der Waals surface area (Å²) in [5.41, 5.74) is 1.43. The van der Waals surface area contributed by atoms with Crippen molar-refractivity contribution in [1.82, 2.24) is 0 Å². The Morgan fingerprint density at radius 1 is 1.00 bits per heavy atom. The normalized spacial score (nSPS) is 10.7. The van der Waals surface area contributed by atoms with Crippen LogP contribution in [0.1, 0.15) is 35.7 Å². The number of hydrogen-bond donors (Lipinski definition) is 0. The predicted octanol–water partition coefficient (Wildman–Crippen LogP) is 4.78. The Hall–Kier alpha value is -2.75. The highest BCUT2D eigenvalue weighted by Gasteiger charge is 2.10. The lowest BCUT2D eigenvalue weighted by Crippen LogP contribution is -1.99. The molecule has 0 aliphatic heterocycles. The Morgan fingerprint density at radius 2 is 1.72 bits per heavy atom. The fraction of sp³-hybridized carbons (Fsp3) is 0.286. The van der Waals surface area contributed by atoms with E-state index in [2.05, 4.69) is 6.92 Å². The van der Waals surface area contributed by atoms with E-state index in [1.54, 1.807) is 31.4 Å². The molecule has 132 valence electrons. The van der Waals surface area contributed by atoms with Crippen molar-refractivity contribution in [3.05, 3.63) is 59.7 Å². The van der Waals surface area contributed by atoms with Crippen LogP contribution in [0.3, 0.4) is 0 Å². The van der Waals surface area contributed by atoms with Crippen LogP contribution in [0.15, 0.2) is 48.5 Å². The summed E-state index contributed by atoms with van der Waals surface area (Å²) in [5, 5.41) is 0. The van der Waals surface area contributed by atoms with Gasteiger partial charge in [-0.3, -0.25) is 4.79 Å². The van der Waals surface area contributed by atoms with E-state index < -0.39 is 0 Å². The second kappa shape index (κ2) is 9.52. The van der Waals surface area contributed by atoms with Gasteiger partial charge in [0.25, 0.3) is 0 Å². The van der Waals surface area contributed by atoms with Gasteiger partial charge in [-0.1, -0.05) is 31.6 Å². The van der Waals surface area contributed by atoms with Crippen LogP contribution in [0, 0.1) is 0 Å². The van der Waals surface area contributed by atoms with Crippen molar-refractivity contribution < 1.29 is 19.0 Å². The molecule has 0 aliphatic rings. The van der Waals surface area contributed by atoms with E-state index >= 15 is 0 Å². The highest BCUT2D eigenvalue weighted by molar-refractivity contribution is 6.08. The fourth-order valence-electron chi connectivity index (χ4n) is 2.27. The van der Waals surface area contributed by atoms with Gasteiger partial charge in [0, 0.05) is 6.07 Å². The van der Waals surface area contributed by atoms with E-state index in [4.69, 9.17) is 14.2 Å². The molecule has 4 heteroatoms. The van der Waals surface area contributed by atoms with Gasteiger partial charge in [0.05, 0.1) is 26.4 Å². The molecule has 0 atom stereocenters. The van der Waals surface area contributed by atoms with Crippen molar-refractivity contribution in [1.29, 1.82) is 0 Å². The van der Waals surface area contributed by atoms with Crippen LogP contribution in [-0.4, -0.2) is 26.6 Å². The first-order chi connectivity index (χ1) is 12.2. The standard InChI is InChI=1S/C21H24O4/c1-4-5-14-25-17-9-6-16(7-10-17)8-13-20(22)19-12-11-18(23-2)15-21(19)24-3/h6-13,15H,4-5,14H2,1-3H3/b13-8+. The number of carbonyl (C=O) groups excluding carboxylic acids is 1. The Bertz CT molecular complexity index is 717. The van der Waals surface area contributed by atoms with Crippen molar-refractivity contribution in [2.45, 2.75) is 19.8 Å². The second-order valence-corrected chi connectivity index (χ2v) is 5.53. The smallest absolute Gasteiger partial charge is 0.189 e. The summed E-state index contributed by atoms with van der Waals surface area (Å²) >= 11 is 0. The maximum absolute atomic E-state index is 12.4. The van der Waals surface area contributed by atoms with Crippen LogP contribution in [0.5, 0.6) is 17.2 Å². The number of methoxy groups -OCH3 is 2. The lowest BCUT2D eigenvalue weighted by Gasteiger charge is -2.08. The van der Waals surface area contributed by atoms with E-state index in [1.165, 1.54) is 13.2 Å². The second-order valence-electron chi connectivity index (χ2n) is 5.53. The summed E-state index contributed by atoms with van der Waals surface area (Å²) in [6.45, 7) is 2.85. The predicted molar refractivity (Wildman–Crippen MR) is 99.8 cm³/mol. The Kier molecular flexibility index (Phi) is 7.08. The zero-order valence-corrected chi connectivity index (χ0v) is 15.0. The highest BCUT2D eigenvalue weighted by atomic mass is 16.5. The van der Waals surface area contributed by atoms with Crippen LogP contribution in [0.2, 0.25) is 0 Å². The Morgan fingerprint density at radius 3 is 2.36 bits per heavy atom. The number of carbonyl (C=O) groups is 1. The third-order valence-electron chi connectivity index (χ3n) is 3.75. The van der Waals surface area contributed by atoms with E-state index in [0.29, 0.717) is 17.1 Å². The van der Waals surface area contributed by atoms with Gasteiger partial charge in [-0.2, -0.15) is 0 Å². The highest BCUT2D eigenvalue weighted by Crippen LogP contribution is 2.25. The van der Waals surface area contributed by atoms with E-state index in [1.807, 2.05) is 24.3 Å². The molecular formula is C21H24O4. The quantitative estimate of drug-likeness (QED) is 0.374. The molecule has 0 unspecified atom stereocenters. The molecule has 2 aromatic rings. The van der Waals surface area contributed by atoms with Gasteiger partial charge in [-0.25, -0.2) is 0 Å². The minimum absolute atomic E-state index is 0.122. The summed E-state index contributed by atoms with van der Waals surface area (Å²) in [6, 6.07) is 12.8. The molecule has 0 aliphatic carbocycles. The van der Waals surface area contributed by atoms with Crippen LogP contribution in [0.25, 0.3) is 6.08 Å². The van der Waals surface area contributed by atoms with Gasteiger partial charge in [-0.05, 0) is 42.3 Å². The van der Waals surface area contributed by atoms with E-state index in [9.17, 15) is 4.79 Å². The largest absolute Gasteiger partial charge is 0.497 e. The van der Waals surface area contributed by atoms with Gasteiger partial charge in [0.15, 0.2) is 5.78 Å². The zero-order valence-electron chi connectivity index (χ0n) is 15.0. The number of benzene rings is 2. The topological polar surface area (TPSA) is 44.8 Å². The van der Waals surface area contributed by atoms with E-state index in [0.717, 1.165) is 30.8 Å². The lowest BCUT2D eigenvalue weighted by atomic mass is 10.1. The Labute approximate surface area is 149 Å². The first-order valence-electron chi connectivity index (χ1n) is 8.35. The maximum atomic E-state index is 12.4. The van der Waals surface area contributed by atoms with Crippen LogP contribution < -0.4 is 14.2 Å². The maximum Gasteiger partial charge on any atom is 0.189 e. The number of unbranched alkanes of at least 4 members (excludes halogenated alkanes) is 1. The van der Waals surface area contributed by atoms with Crippen LogP contribution in [0.4, 0.5) is 0 Å². The summed E-state index contributed by atoms with van der Waals surface area (Å²) < 4.78 is 16.0. The molecule has 0 saturated carbocycles. The van der Waals surface area contributed by atoms with Crippen molar-refractivity contribution in [2.24, 2.45) is 0 Å². The van der Waals surface area contributed by atoms with Crippen LogP contribution in [-0.2, 0) is 0 Å². The molecule has 0 bridgehead atoms. The van der Waals surface area contributed by atoms with E-state index in [-0.39, 0.29) is 5.78 Å². The van der Waals surface area contributed by atoms with Crippen molar-refractivity contribution in [3.63, 3.8) is 0 Å². The average molecular weight is 340 g/mol. The Balaban J connectivity index is 2.04. The summed E-state index contributed by atoms with van der Waals surface area (Å²) in [6.07, 6.45) is 5.47. The van der Waals surface area contributed by atoms with Gasteiger partial charge >= 0.3 is 0 Å². The third kappa shape index (κ3) is 5.38. The number of rotatable bonds is 9. The molecule has 2 rings (SSSR count). The first kappa shape index (κ1) is 18.6. The van der Waals surface area contributed by atoms with Gasteiger partial charge in [0.1, 0.15) is 17.2 Å². The van der Waals surface area contributed by atoms with Gasteiger partial charge < -0.3 is 14.2 Å². The molecule has 0 spiro atoms. The molecule has 0 fully saturated rings. The SMILES string of the molecule is CCCCOc1ccc(/C=C/C(=O)c2ccc(OC)cc2OC)cc1. The molecule has 0 radical (unpaired) electrons. The molecule has 0 heterocycles. The minimum atomic E-state index is -0.122. The van der Waals surface area contributed by atoms with Crippen LogP contribution >= 0.6 is 0 Å². The summed E-state index contributed by atoms with van der Waals surface area (Å²) in [4.78, 5) is 12.4. The fourth-order valence-corrected chi connectivity index (χ4v) is 2.27. The van der Waals surface area contributed by atoms with Crippen molar-refractivity contribution >= 4 is 11.9 Å². The lowest BCUT2D eigenvalue weighted by molar-refractivity contribution is 0.104. The molecule has 0 saturated heterocycles. The zero-order chi connectivity index (χ0) is 18.1. The van der Waals surface area contributed by atoms with Crippen molar-refractivity contribution in [2.75, 3.05) is 20.8 Å². The molecule has 0 N–H and O–H groups in total. The minimum Gasteiger partial charge on any atom is -0.497 e. The summed E-state index contributed by atoms with van der Waals surface area (Å²) in [5.74, 6) is 1.86. The average Bonchev–Trinajstić information content (AvgIpc) is 2.66. The summed E-state index contributed by atoms with van der Waals surface area (Å²) in [7, 11) is 3.11. The molecule has 0 amide bonds. The number of hydrogen-bond acceptors (Lipinski definition) is 4. The molecule has 2 aromatic carbocycles. The first-order valence-corrected chi connectivity index (χ1v) is 8.35. The third-order valence-corrected chi connectivity index (χ3v) is 3.75. The molecular weight excluding hydrogens is 316 g/mol. The molecule has 25 heavy (non-hydrogen) atoms. The van der Waals surface area contributed by atoms with Crippen molar-refractivity contribution in [3.8, 4) is 17.2 Å². The molecule has 4 nitrogen and oxygen atoms in total. The number of ketones is 1. The van der Waals surface area contributed by atoms with Gasteiger partial charge in [-0.15, -0.1) is 0 Å². The molecule has 0 aromatic heterocycles.